The van der Waals surface area contributed by atoms with Crippen molar-refractivity contribution in [2.75, 3.05) is 5.32 Å². The van der Waals surface area contributed by atoms with E-state index in [1.165, 1.54) is 49.9 Å². The number of carbonyl (C=O) groups excluding carboxylic acids is 1. The Morgan fingerprint density at radius 3 is 2.40 bits per heavy atom. The van der Waals surface area contributed by atoms with Crippen molar-refractivity contribution >= 4 is 45.4 Å². The van der Waals surface area contributed by atoms with Gasteiger partial charge < -0.3 is 5.32 Å². The maximum Gasteiger partial charge on any atom is 0.225 e. The molecule has 0 unspecified atom stereocenters. The number of nitrogens with zero attached hydrogens (tertiary/aromatic N) is 1. The molecule has 4 aliphatic carbocycles. The highest BCUT2D eigenvalue weighted by molar-refractivity contribution is 7.17. The Labute approximate surface area is 191 Å². The Kier molecular flexibility index (Phi) is 5.13. The number of anilines is 1. The number of thiophene rings is 1. The van der Waals surface area contributed by atoms with Gasteiger partial charge in [0.05, 0.1) is 5.56 Å². The van der Waals surface area contributed by atoms with Crippen LogP contribution in [0.15, 0.2) is 18.2 Å². The molecule has 3 nitrogen and oxygen atoms in total. The van der Waals surface area contributed by atoms with Crippen LogP contribution in [0.4, 0.5) is 5.00 Å². The fourth-order valence-electron chi connectivity index (χ4n) is 6.77. The van der Waals surface area contributed by atoms with E-state index in [9.17, 15) is 10.1 Å². The highest BCUT2D eigenvalue weighted by Gasteiger charge is 2.51. The Bertz CT molecular complexity index is 1030. The molecule has 4 saturated carbocycles. The molecular formula is C24H24Cl2N2OS. The number of halogens is 2. The molecule has 0 saturated heterocycles. The summed E-state index contributed by atoms with van der Waals surface area (Å²) in [7, 11) is 0. The average molecular weight is 459 g/mol. The quantitative estimate of drug-likeness (QED) is 0.516. The van der Waals surface area contributed by atoms with E-state index in [-0.39, 0.29) is 11.3 Å². The lowest BCUT2D eigenvalue weighted by Crippen LogP contribution is -2.47. The minimum Gasteiger partial charge on any atom is -0.317 e. The van der Waals surface area contributed by atoms with E-state index in [1.807, 2.05) is 13.0 Å². The second kappa shape index (κ2) is 7.55. The number of hydrogen-bond donors (Lipinski definition) is 1. The van der Waals surface area contributed by atoms with E-state index in [4.69, 9.17) is 23.2 Å². The van der Waals surface area contributed by atoms with Gasteiger partial charge in [0.15, 0.2) is 0 Å². The number of hydrogen-bond acceptors (Lipinski definition) is 3. The number of carbonyl (C=O) groups is 1. The summed E-state index contributed by atoms with van der Waals surface area (Å²) in [5.41, 5.74) is 2.23. The van der Waals surface area contributed by atoms with E-state index in [1.54, 1.807) is 12.1 Å². The molecule has 4 fully saturated rings. The lowest BCUT2D eigenvalue weighted by molar-refractivity contribution is -0.124. The molecule has 0 radical (unpaired) electrons. The van der Waals surface area contributed by atoms with E-state index in [2.05, 4.69) is 11.4 Å². The minimum atomic E-state index is 0.0449. The van der Waals surface area contributed by atoms with Crippen molar-refractivity contribution in [1.29, 1.82) is 5.26 Å². The van der Waals surface area contributed by atoms with Gasteiger partial charge in [-0.1, -0.05) is 29.3 Å². The zero-order chi connectivity index (χ0) is 21.0. The molecule has 1 aromatic carbocycles. The van der Waals surface area contributed by atoms with Crippen LogP contribution in [0.3, 0.4) is 0 Å². The van der Waals surface area contributed by atoms with Gasteiger partial charge in [0.2, 0.25) is 5.91 Å². The van der Waals surface area contributed by atoms with Crippen molar-refractivity contribution in [2.24, 2.45) is 23.2 Å². The molecule has 6 heteroatoms. The summed E-state index contributed by atoms with van der Waals surface area (Å²) in [6, 6.07) is 7.58. The maximum atomic E-state index is 13.1. The second-order valence-electron chi connectivity index (χ2n) is 9.62. The van der Waals surface area contributed by atoms with Crippen LogP contribution >= 0.6 is 34.5 Å². The molecule has 6 rings (SSSR count). The minimum absolute atomic E-state index is 0.0449. The zero-order valence-electron chi connectivity index (χ0n) is 16.9. The van der Waals surface area contributed by atoms with Crippen molar-refractivity contribution in [3.63, 3.8) is 0 Å². The number of nitriles is 1. The van der Waals surface area contributed by atoms with Crippen LogP contribution < -0.4 is 5.32 Å². The van der Waals surface area contributed by atoms with E-state index in [0.717, 1.165) is 33.8 Å². The lowest BCUT2D eigenvalue weighted by Gasteiger charge is -2.56. The molecule has 1 amide bonds. The van der Waals surface area contributed by atoms with E-state index in [0.29, 0.717) is 27.0 Å². The topological polar surface area (TPSA) is 52.9 Å². The van der Waals surface area contributed by atoms with Crippen LogP contribution in [0, 0.1) is 41.4 Å². The van der Waals surface area contributed by atoms with Gasteiger partial charge in [-0.2, -0.15) is 5.26 Å². The number of rotatable bonds is 4. The van der Waals surface area contributed by atoms with E-state index >= 15 is 0 Å². The summed E-state index contributed by atoms with van der Waals surface area (Å²) in [5, 5.41) is 14.6. The van der Waals surface area contributed by atoms with Crippen molar-refractivity contribution < 1.29 is 4.79 Å². The van der Waals surface area contributed by atoms with Crippen LogP contribution in [-0.4, -0.2) is 5.91 Å². The van der Waals surface area contributed by atoms with Crippen LogP contribution in [0.1, 0.15) is 55.4 Å². The Morgan fingerprint density at radius 2 is 1.83 bits per heavy atom. The normalized spacial score (nSPS) is 29.1. The first kappa shape index (κ1) is 20.4. The summed E-state index contributed by atoms with van der Waals surface area (Å²) in [6.45, 7) is 1.96. The van der Waals surface area contributed by atoms with Gasteiger partial charge in [0, 0.05) is 32.5 Å². The molecule has 0 spiro atoms. The third kappa shape index (κ3) is 3.55. The molecule has 4 bridgehead atoms. The first-order valence-electron chi connectivity index (χ1n) is 10.6. The SMILES string of the molecule is Cc1sc(NC(=O)CC23CC4CC(CC(C4)C2)C3)c(C#N)c1-c1ccc(Cl)cc1Cl. The van der Waals surface area contributed by atoms with Gasteiger partial charge in [-0.25, -0.2) is 0 Å². The Morgan fingerprint density at radius 1 is 1.20 bits per heavy atom. The van der Waals surface area contributed by atoms with Gasteiger partial charge in [-0.15, -0.1) is 11.3 Å². The summed E-state index contributed by atoms with van der Waals surface area (Å²) >= 11 is 13.9. The first-order valence-corrected chi connectivity index (χ1v) is 12.2. The molecule has 1 aromatic heterocycles. The highest BCUT2D eigenvalue weighted by Crippen LogP contribution is 2.61. The summed E-state index contributed by atoms with van der Waals surface area (Å²) < 4.78 is 0. The molecule has 4 aliphatic rings. The standard InChI is InChI=1S/C24H24Cl2N2OS/c1-13-22(18-3-2-17(25)7-20(18)26)19(12-27)23(30-13)28-21(29)11-24-8-14-4-15(9-24)6-16(5-14)10-24/h2-3,7,14-16H,4-6,8-11H2,1H3,(H,28,29). The number of nitrogens with one attached hydrogen (secondary N) is 1. The van der Waals surface area contributed by atoms with Crippen molar-refractivity contribution in [3.05, 3.63) is 38.7 Å². The van der Waals surface area contributed by atoms with Crippen molar-refractivity contribution in [1.82, 2.24) is 0 Å². The molecule has 30 heavy (non-hydrogen) atoms. The van der Waals surface area contributed by atoms with Gasteiger partial charge in [-0.05, 0) is 80.8 Å². The van der Waals surface area contributed by atoms with Crippen molar-refractivity contribution in [2.45, 2.75) is 51.9 Å². The number of aryl methyl sites for hydroxylation is 1. The summed E-state index contributed by atoms with van der Waals surface area (Å²) in [4.78, 5) is 14.0. The predicted octanol–water partition coefficient (Wildman–Crippen LogP) is 7.45. The van der Waals surface area contributed by atoms with Crippen LogP contribution in [0.5, 0.6) is 0 Å². The van der Waals surface area contributed by atoms with Crippen LogP contribution in [0.25, 0.3) is 11.1 Å². The van der Waals surface area contributed by atoms with Crippen LogP contribution in [0.2, 0.25) is 10.0 Å². The molecule has 0 atom stereocenters. The third-order valence-corrected chi connectivity index (χ3v) is 8.92. The number of amides is 1. The molecule has 156 valence electrons. The summed E-state index contributed by atoms with van der Waals surface area (Å²) in [5.74, 6) is 2.51. The fourth-order valence-corrected chi connectivity index (χ4v) is 8.31. The zero-order valence-corrected chi connectivity index (χ0v) is 19.3. The average Bonchev–Trinajstić information content (AvgIpc) is 2.94. The molecule has 0 aliphatic heterocycles. The predicted molar refractivity (Wildman–Crippen MR) is 123 cm³/mol. The van der Waals surface area contributed by atoms with Crippen molar-refractivity contribution in [3.8, 4) is 17.2 Å². The van der Waals surface area contributed by atoms with E-state index < -0.39 is 0 Å². The summed E-state index contributed by atoms with van der Waals surface area (Å²) in [6.07, 6.45) is 8.29. The Hall–Kier alpha value is -1.54. The van der Waals surface area contributed by atoms with Gasteiger partial charge in [-0.3, -0.25) is 4.79 Å². The Balaban J connectivity index is 1.39. The molecule has 1 heterocycles. The molecule has 1 N–H and O–H groups in total. The van der Waals surface area contributed by atoms with Gasteiger partial charge in [0.25, 0.3) is 0 Å². The third-order valence-electron chi connectivity index (χ3n) is 7.35. The monoisotopic (exact) mass is 458 g/mol. The molecular weight excluding hydrogens is 435 g/mol. The smallest absolute Gasteiger partial charge is 0.225 e. The van der Waals surface area contributed by atoms with Gasteiger partial charge in [0.1, 0.15) is 11.1 Å². The van der Waals surface area contributed by atoms with Crippen LogP contribution in [-0.2, 0) is 4.79 Å². The molecule has 2 aromatic rings. The first-order chi connectivity index (χ1) is 14.4. The highest BCUT2D eigenvalue weighted by atomic mass is 35.5. The largest absolute Gasteiger partial charge is 0.317 e. The fraction of sp³-hybridized carbons (Fsp3) is 0.500. The lowest BCUT2D eigenvalue weighted by atomic mass is 9.49. The second-order valence-corrected chi connectivity index (χ2v) is 11.7. The van der Waals surface area contributed by atoms with Gasteiger partial charge >= 0.3 is 0 Å². The number of benzene rings is 1. The maximum absolute atomic E-state index is 13.1.